The number of nitrogens with zero attached hydrogens (tertiary/aromatic N) is 1. The smallest absolute Gasteiger partial charge is 0.0209 e. The molecule has 1 aliphatic heterocycles. The Morgan fingerprint density at radius 1 is 1.20 bits per heavy atom. The van der Waals surface area contributed by atoms with Gasteiger partial charge in [0.1, 0.15) is 0 Å². The molecular weight excluding hydrogens is 184 g/mol. The summed E-state index contributed by atoms with van der Waals surface area (Å²) in [6.07, 6.45) is 6.92. The Balaban J connectivity index is 1.79. The van der Waals surface area contributed by atoms with Gasteiger partial charge in [0.15, 0.2) is 0 Å². The van der Waals surface area contributed by atoms with Crippen LogP contribution in [0.3, 0.4) is 0 Å². The van der Waals surface area contributed by atoms with Crippen molar-refractivity contribution in [1.29, 1.82) is 0 Å². The lowest BCUT2D eigenvalue weighted by molar-refractivity contribution is 0.189. The fraction of sp³-hybridized carbons (Fsp3) is 1.00. The first-order valence-electron chi connectivity index (χ1n) is 6.50. The molecule has 0 radical (unpaired) electrons. The lowest BCUT2D eigenvalue weighted by Crippen LogP contribution is -2.43. The molecule has 0 amide bonds. The molecule has 1 N–H and O–H groups in total. The van der Waals surface area contributed by atoms with Crippen LogP contribution in [0.5, 0.6) is 0 Å². The highest BCUT2D eigenvalue weighted by Gasteiger charge is 2.30. The standard InChI is InChI=1S/C13H26N2/c1-13(2)7-4-5-11(9-13)14-12-6-8-15(3)10-12/h11-12,14H,4-10H2,1-3H3/t11-,12-/m0/s1. The molecule has 0 aromatic rings. The third kappa shape index (κ3) is 3.18. The molecule has 2 heteroatoms. The summed E-state index contributed by atoms with van der Waals surface area (Å²) in [4.78, 5) is 2.44. The first-order valence-corrected chi connectivity index (χ1v) is 6.50. The Morgan fingerprint density at radius 3 is 2.60 bits per heavy atom. The van der Waals surface area contributed by atoms with Crippen LogP contribution in [0, 0.1) is 5.41 Å². The molecule has 2 fully saturated rings. The fourth-order valence-electron chi connectivity index (χ4n) is 3.24. The minimum atomic E-state index is 0.570. The third-order valence-electron chi connectivity index (χ3n) is 4.07. The Morgan fingerprint density at radius 2 is 2.00 bits per heavy atom. The van der Waals surface area contributed by atoms with Gasteiger partial charge in [0, 0.05) is 18.6 Å². The molecule has 0 aromatic carbocycles. The number of nitrogens with one attached hydrogen (secondary N) is 1. The van der Waals surface area contributed by atoms with Gasteiger partial charge in [-0.05, 0) is 44.7 Å². The van der Waals surface area contributed by atoms with Crippen molar-refractivity contribution in [1.82, 2.24) is 10.2 Å². The van der Waals surface area contributed by atoms with Crippen molar-refractivity contribution in [3.63, 3.8) is 0 Å². The first-order chi connectivity index (χ1) is 7.05. The second-order valence-electron chi connectivity index (χ2n) is 6.37. The second-order valence-corrected chi connectivity index (χ2v) is 6.37. The van der Waals surface area contributed by atoms with Crippen LogP contribution in [-0.2, 0) is 0 Å². The molecule has 15 heavy (non-hydrogen) atoms. The van der Waals surface area contributed by atoms with Gasteiger partial charge in [-0.25, -0.2) is 0 Å². The molecule has 0 aromatic heterocycles. The molecule has 1 saturated carbocycles. The maximum absolute atomic E-state index is 3.86. The number of likely N-dealkylation sites (N-methyl/N-ethyl adjacent to an activating group) is 1. The minimum Gasteiger partial charge on any atom is -0.310 e. The van der Waals surface area contributed by atoms with Crippen molar-refractivity contribution in [2.24, 2.45) is 5.41 Å². The van der Waals surface area contributed by atoms with Crippen LogP contribution in [-0.4, -0.2) is 37.1 Å². The van der Waals surface area contributed by atoms with Crippen LogP contribution in [0.15, 0.2) is 0 Å². The van der Waals surface area contributed by atoms with Crippen LogP contribution in [0.4, 0.5) is 0 Å². The van der Waals surface area contributed by atoms with Crippen LogP contribution in [0.2, 0.25) is 0 Å². The van der Waals surface area contributed by atoms with E-state index in [2.05, 4.69) is 31.1 Å². The average molecular weight is 210 g/mol. The van der Waals surface area contributed by atoms with E-state index < -0.39 is 0 Å². The first kappa shape index (κ1) is 11.4. The van der Waals surface area contributed by atoms with Crippen molar-refractivity contribution < 1.29 is 0 Å². The Kier molecular flexibility index (Phi) is 3.36. The zero-order valence-electron chi connectivity index (χ0n) is 10.6. The fourth-order valence-corrected chi connectivity index (χ4v) is 3.24. The van der Waals surface area contributed by atoms with E-state index in [4.69, 9.17) is 0 Å². The number of hydrogen-bond donors (Lipinski definition) is 1. The molecule has 1 aliphatic carbocycles. The molecule has 2 rings (SSSR count). The van der Waals surface area contributed by atoms with Crippen molar-refractivity contribution in [3.8, 4) is 0 Å². The van der Waals surface area contributed by atoms with Gasteiger partial charge in [0.25, 0.3) is 0 Å². The van der Waals surface area contributed by atoms with E-state index >= 15 is 0 Å². The Hall–Kier alpha value is -0.0800. The van der Waals surface area contributed by atoms with Gasteiger partial charge in [-0.3, -0.25) is 0 Å². The summed E-state index contributed by atoms with van der Waals surface area (Å²) in [6.45, 7) is 7.36. The topological polar surface area (TPSA) is 15.3 Å². The predicted octanol–water partition coefficient (Wildman–Crippen LogP) is 2.25. The van der Waals surface area contributed by atoms with E-state index in [1.807, 2.05) is 0 Å². The van der Waals surface area contributed by atoms with Crippen molar-refractivity contribution in [2.45, 2.75) is 58.0 Å². The third-order valence-corrected chi connectivity index (χ3v) is 4.07. The summed E-state index contributed by atoms with van der Waals surface area (Å²) in [5.41, 5.74) is 0.570. The molecule has 2 nitrogen and oxygen atoms in total. The summed E-state index contributed by atoms with van der Waals surface area (Å²) >= 11 is 0. The molecule has 0 bridgehead atoms. The SMILES string of the molecule is CN1CC[C@H](N[C@H]2CCCC(C)(C)C2)C1. The largest absolute Gasteiger partial charge is 0.310 e. The summed E-state index contributed by atoms with van der Waals surface area (Å²) in [6, 6.07) is 1.54. The quantitative estimate of drug-likeness (QED) is 0.752. The lowest BCUT2D eigenvalue weighted by atomic mass is 9.75. The molecule has 2 atom stereocenters. The second kappa shape index (κ2) is 4.42. The van der Waals surface area contributed by atoms with E-state index in [1.165, 1.54) is 45.2 Å². The highest BCUT2D eigenvalue weighted by Crippen LogP contribution is 2.35. The lowest BCUT2D eigenvalue weighted by Gasteiger charge is -2.37. The monoisotopic (exact) mass is 210 g/mol. The van der Waals surface area contributed by atoms with Crippen LogP contribution < -0.4 is 5.32 Å². The van der Waals surface area contributed by atoms with Crippen LogP contribution in [0.25, 0.3) is 0 Å². The van der Waals surface area contributed by atoms with Crippen molar-refractivity contribution >= 4 is 0 Å². The highest BCUT2D eigenvalue weighted by atomic mass is 15.2. The van der Waals surface area contributed by atoms with Gasteiger partial charge in [0.2, 0.25) is 0 Å². The summed E-state index contributed by atoms with van der Waals surface area (Å²) in [5, 5.41) is 3.86. The molecule has 0 unspecified atom stereocenters. The highest BCUT2D eigenvalue weighted by molar-refractivity contribution is 4.88. The van der Waals surface area contributed by atoms with Crippen molar-refractivity contribution in [2.75, 3.05) is 20.1 Å². The number of hydrogen-bond acceptors (Lipinski definition) is 2. The molecule has 2 aliphatic rings. The molecule has 0 spiro atoms. The summed E-state index contributed by atoms with van der Waals surface area (Å²) < 4.78 is 0. The van der Waals surface area contributed by atoms with E-state index in [9.17, 15) is 0 Å². The molecular formula is C13H26N2. The van der Waals surface area contributed by atoms with Gasteiger partial charge in [-0.1, -0.05) is 20.3 Å². The molecule has 1 heterocycles. The van der Waals surface area contributed by atoms with Gasteiger partial charge in [-0.15, -0.1) is 0 Å². The minimum absolute atomic E-state index is 0.570. The van der Waals surface area contributed by atoms with E-state index in [0.717, 1.165) is 12.1 Å². The van der Waals surface area contributed by atoms with Gasteiger partial charge in [0.05, 0.1) is 0 Å². The number of likely N-dealkylation sites (tertiary alicyclic amines) is 1. The van der Waals surface area contributed by atoms with Crippen LogP contribution in [0.1, 0.15) is 46.0 Å². The van der Waals surface area contributed by atoms with E-state index in [-0.39, 0.29) is 0 Å². The normalized spacial score (nSPS) is 37.0. The van der Waals surface area contributed by atoms with E-state index in [0.29, 0.717) is 5.41 Å². The maximum Gasteiger partial charge on any atom is 0.0209 e. The predicted molar refractivity (Wildman–Crippen MR) is 65.1 cm³/mol. The summed E-state index contributed by atoms with van der Waals surface area (Å²) in [7, 11) is 2.23. The molecule has 1 saturated heterocycles. The Bertz CT molecular complexity index is 213. The van der Waals surface area contributed by atoms with Crippen molar-refractivity contribution in [3.05, 3.63) is 0 Å². The van der Waals surface area contributed by atoms with Crippen LogP contribution >= 0.6 is 0 Å². The Labute approximate surface area is 94.4 Å². The summed E-state index contributed by atoms with van der Waals surface area (Å²) in [5.74, 6) is 0. The zero-order valence-corrected chi connectivity index (χ0v) is 10.6. The van der Waals surface area contributed by atoms with Gasteiger partial charge in [-0.2, -0.15) is 0 Å². The average Bonchev–Trinajstić information content (AvgIpc) is 2.49. The zero-order chi connectivity index (χ0) is 10.9. The van der Waals surface area contributed by atoms with E-state index in [1.54, 1.807) is 0 Å². The maximum atomic E-state index is 3.86. The number of rotatable bonds is 2. The molecule has 88 valence electrons. The van der Waals surface area contributed by atoms with Gasteiger partial charge >= 0.3 is 0 Å². The van der Waals surface area contributed by atoms with Gasteiger partial charge < -0.3 is 10.2 Å².